The average Bonchev–Trinajstić information content (AvgIpc) is 2.60. The lowest BCUT2D eigenvalue weighted by molar-refractivity contribution is -0.0503. The number of likely N-dealkylation sites (tertiary alicyclic amines) is 1. The van der Waals surface area contributed by atoms with E-state index in [0.29, 0.717) is 31.7 Å². The SMILES string of the molecule is CC(C)(O)CCc1ccc(C(=O)N2CC(OCc3ccc(F)cc3)C2)cc1. The topological polar surface area (TPSA) is 49.8 Å². The number of nitrogens with zero attached hydrogens (tertiary/aromatic N) is 1. The minimum Gasteiger partial charge on any atom is -0.390 e. The second-order valence-electron chi connectivity index (χ2n) is 7.78. The van der Waals surface area contributed by atoms with E-state index in [1.807, 2.05) is 24.3 Å². The van der Waals surface area contributed by atoms with Gasteiger partial charge in [0.1, 0.15) is 5.82 Å². The van der Waals surface area contributed by atoms with E-state index in [1.165, 1.54) is 12.1 Å². The summed E-state index contributed by atoms with van der Waals surface area (Å²) in [6.07, 6.45) is 1.48. The molecule has 0 saturated carbocycles. The second-order valence-corrected chi connectivity index (χ2v) is 7.78. The van der Waals surface area contributed by atoms with E-state index >= 15 is 0 Å². The van der Waals surface area contributed by atoms with Crippen molar-refractivity contribution >= 4 is 5.91 Å². The minimum absolute atomic E-state index is 0.00525. The molecular weight excluding hydrogens is 345 g/mol. The Balaban J connectivity index is 1.43. The van der Waals surface area contributed by atoms with Crippen LogP contribution in [0.15, 0.2) is 48.5 Å². The Labute approximate surface area is 159 Å². The van der Waals surface area contributed by atoms with Crippen molar-refractivity contribution in [3.63, 3.8) is 0 Å². The quantitative estimate of drug-likeness (QED) is 0.809. The van der Waals surface area contributed by atoms with Crippen LogP contribution in [0.3, 0.4) is 0 Å². The fraction of sp³-hybridized carbons (Fsp3) is 0.409. The Hall–Kier alpha value is -2.24. The number of carbonyl (C=O) groups is 1. The highest BCUT2D eigenvalue weighted by Gasteiger charge is 2.31. The van der Waals surface area contributed by atoms with Crippen LogP contribution in [0.5, 0.6) is 0 Å². The van der Waals surface area contributed by atoms with Crippen LogP contribution in [0.25, 0.3) is 0 Å². The van der Waals surface area contributed by atoms with Crippen molar-refractivity contribution in [2.45, 2.75) is 45.0 Å². The predicted molar refractivity (Wildman–Crippen MR) is 102 cm³/mol. The summed E-state index contributed by atoms with van der Waals surface area (Å²) >= 11 is 0. The fourth-order valence-electron chi connectivity index (χ4n) is 2.95. The molecule has 1 aliphatic rings. The van der Waals surface area contributed by atoms with Crippen molar-refractivity contribution in [3.8, 4) is 0 Å². The number of aryl methyl sites for hydroxylation is 1. The fourth-order valence-corrected chi connectivity index (χ4v) is 2.95. The second kappa shape index (κ2) is 8.19. The van der Waals surface area contributed by atoms with Crippen LogP contribution in [0.2, 0.25) is 0 Å². The lowest BCUT2D eigenvalue weighted by Gasteiger charge is -2.39. The van der Waals surface area contributed by atoms with Gasteiger partial charge in [-0.25, -0.2) is 4.39 Å². The highest BCUT2D eigenvalue weighted by molar-refractivity contribution is 5.94. The number of benzene rings is 2. The normalized spacial score (nSPS) is 14.9. The molecule has 0 aromatic heterocycles. The first-order chi connectivity index (χ1) is 12.8. The van der Waals surface area contributed by atoms with Crippen molar-refractivity contribution < 1.29 is 19.0 Å². The highest BCUT2D eigenvalue weighted by Crippen LogP contribution is 2.19. The summed E-state index contributed by atoms with van der Waals surface area (Å²) in [6, 6.07) is 13.8. The maximum Gasteiger partial charge on any atom is 0.254 e. The van der Waals surface area contributed by atoms with E-state index in [9.17, 15) is 14.3 Å². The molecule has 1 N–H and O–H groups in total. The van der Waals surface area contributed by atoms with Gasteiger partial charge in [0, 0.05) is 18.7 Å². The molecule has 1 fully saturated rings. The van der Waals surface area contributed by atoms with E-state index in [-0.39, 0.29) is 17.8 Å². The Bertz CT molecular complexity index is 760. The van der Waals surface area contributed by atoms with Crippen LogP contribution in [-0.4, -0.2) is 40.7 Å². The van der Waals surface area contributed by atoms with Gasteiger partial charge in [-0.05, 0) is 62.1 Å². The summed E-state index contributed by atoms with van der Waals surface area (Å²) in [7, 11) is 0. The lowest BCUT2D eigenvalue weighted by atomic mass is 9.98. The molecule has 1 heterocycles. The molecule has 0 atom stereocenters. The van der Waals surface area contributed by atoms with E-state index in [1.54, 1.807) is 30.9 Å². The van der Waals surface area contributed by atoms with Crippen molar-refractivity contribution in [2.24, 2.45) is 0 Å². The van der Waals surface area contributed by atoms with Crippen molar-refractivity contribution in [1.29, 1.82) is 0 Å². The smallest absolute Gasteiger partial charge is 0.254 e. The summed E-state index contributed by atoms with van der Waals surface area (Å²) in [4.78, 5) is 14.3. The molecule has 0 aliphatic carbocycles. The third kappa shape index (κ3) is 5.62. The molecule has 0 radical (unpaired) electrons. The Morgan fingerprint density at radius 3 is 2.30 bits per heavy atom. The van der Waals surface area contributed by atoms with E-state index in [2.05, 4.69) is 0 Å². The van der Waals surface area contributed by atoms with Crippen molar-refractivity contribution in [1.82, 2.24) is 4.90 Å². The molecular formula is C22H26FNO3. The highest BCUT2D eigenvalue weighted by atomic mass is 19.1. The first-order valence-electron chi connectivity index (χ1n) is 9.27. The molecule has 2 aromatic carbocycles. The molecule has 5 heteroatoms. The first-order valence-corrected chi connectivity index (χ1v) is 9.27. The third-order valence-corrected chi connectivity index (χ3v) is 4.76. The van der Waals surface area contributed by atoms with Crippen molar-refractivity contribution in [3.05, 3.63) is 71.0 Å². The van der Waals surface area contributed by atoms with Crippen LogP contribution in [-0.2, 0) is 17.8 Å². The number of ether oxygens (including phenoxy) is 1. The zero-order valence-corrected chi connectivity index (χ0v) is 15.8. The van der Waals surface area contributed by atoms with Gasteiger partial charge in [0.2, 0.25) is 0 Å². The number of hydrogen-bond acceptors (Lipinski definition) is 3. The Kier molecular flexibility index (Phi) is 5.92. The number of halogens is 1. The Morgan fingerprint density at radius 2 is 1.70 bits per heavy atom. The summed E-state index contributed by atoms with van der Waals surface area (Å²) in [5, 5.41) is 9.80. The summed E-state index contributed by atoms with van der Waals surface area (Å²) < 4.78 is 18.7. The number of aliphatic hydroxyl groups is 1. The number of amides is 1. The molecule has 0 bridgehead atoms. The molecule has 1 aliphatic heterocycles. The van der Waals surface area contributed by atoms with E-state index < -0.39 is 5.60 Å². The van der Waals surface area contributed by atoms with Crippen LogP contribution < -0.4 is 0 Å². The van der Waals surface area contributed by atoms with Crippen LogP contribution in [0, 0.1) is 5.82 Å². The maximum atomic E-state index is 12.9. The van der Waals surface area contributed by atoms with Gasteiger partial charge in [-0.3, -0.25) is 4.79 Å². The molecule has 0 spiro atoms. The van der Waals surface area contributed by atoms with Gasteiger partial charge in [-0.2, -0.15) is 0 Å². The van der Waals surface area contributed by atoms with Crippen molar-refractivity contribution in [2.75, 3.05) is 13.1 Å². The van der Waals surface area contributed by atoms with E-state index in [4.69, 9.17) is 4.74 Å². The van der Waals surface area contributed by atoms with Crippen LogP contribution in [0.4, 0.5) is 4.39 Å². The predicted octanol–water partition coefficient (Wildman–Crippen LogP) is 3.57. The number of rotatable bonds is 7. The van der Waals surface area contributed by atoms with Gasteiger partial charge in [0.05, 0.1) is 18.3 Å². The monoisotopic (exact) mass is 371 g/mol. The minimum atomic E-state index is -0.685. The lowest BCUT2D eigenvalue weighted by Crippen LogP contribution is -2.54. The molecule has 144 valence electrons. The molecule has 1 amide bonds. The number of carbonyl (C=O) groups excluding carboxylic acids is 1. The van der Waals surface area contributed by atoms with Crippen LogP contribution in [0.1, 0.15) is 41.8 Å². The van der Waals surface area contributed by atoms with Gasteiger partial charge in [0.25, 0.3) is 5.91 Å². The molecule has 4 nitrogen and oxygen atoms in total. The summed E-state index contributed by atoms with van der Waals surface area (Å²) in [5.74, 6) is -0.254. The Morgan fingerprint density at radius 1 is 1.11 bits per heavy atom. The van der Waals surface area contributed by atoms with Gasteiger partial charge >= 0.3 is 0 Å². The third-order valence-electron chi connectivity index (χ3n) is 4.76. The molecule has 2 aromatic rings. The zero-order valence-electron chi connectivity index (χ0n) is 15.8. The van der Waals surface area contributed by atoms with Gasteiger partial charge in [0.15, 0.2) is 0 Å². The maximum absolute atomic E-state index is 12.9. The zero-order chi connectivity index (χ0) is 19.4. The van der Waals surface area contributed by atoms with Crippen LogP contribution >= 0.6 is 0 Å². The van der Waals surface area contributed by atoms with Gasteiger partial charge < -0.3 is 14.7 Å². The number of hydrogen-bond donors (Lipinski definition) is 1. The molecule has 0 unspecified atom stereocenters. The summed E-state index contributed by atoms with van der Waals surface area (Å²) in [5.41, 5.74) is 2.01. The largest absolute Gasteiger partial charge is 0.390 e. The summed E-state index contributed by atoms with van der Waals surface area (Å²) in [6.45, 7) is 5.15. The average molecular weight is 371 g/mol. The van der Waals surface area contributed by atoms with Gasteiger partial charge in [-0.1, -0.05) is 24.3 Å². The van der Waals surface area contributed by atoms with Gasteiger partial charge in [-0.15, -0.1) is 0 Å². The molecule has 1 saturated heterocycles. The first kappa shape index (κ1) is 19.5. The molecule has 3 rings (SSSR count). The van der Waals surface area contributed by atoms with E-state index in [0.717, 1.165) is 17.5 Å². The molecule has 27 heavy (non-hydrogen) atoms. The standard InChI is InChI=1S/C22H26FNO3/c1-22(2,26)12-11-16-3-7-18(8-4-16)21(25)24-13-20(14-24)27-15-17-5-9-19(23)10-6-17/h3-10,20,26H,11-15H2,1-2H3.